The van der Waals surface area contributed by atoms with Crippen molar-refractivity contribution in [2.24, 2.45) is 0 Å². The summed E-state index contributed by atoms with van der Waals surface area (Å²) in [4.78, 5) is 0. The number of halogens is 2. The van der Waals surface area contributed by atoms with Crippen LogP contribution in [0.4, 0.5) is 10.1 Å². The molecule has 6 heteroatoms. The number of hydrogen-bond donors (Lipinski definition) is 1. The molecule has 0 unspecified atom stereocenters. The summed E-state index contributed by atoms with van der Waals surface area (Å²) in [5.74, 6) is 0.458. The van der Waals surface area contributed by atoms with Crippen LogP contribution in [0.25, 0.3) is 11.5 Å². The van der Waals surface area contributed by atoms with Gasteiger partial charge in [-0.3, -0.25) is 0 Å². The summed E-state index contributed by atoms with van der Waals surface area (Å²) in [7, 11) is 0. The van der Waals surface area contributed by atoms with Gasteiger partial charge in [0.05, 0.1) is 6.54 Å². The van der Waals surface area contributed by atoms with E-state index < -0.39 is 5.82 Å². The highest BCUT2D eigenvalue weighted by Gasteiger charge is 2.08. The van der Waals surface area contributed by atoms with E-state index in [2.05, 4.69) is 15.5 Å². The number of anilines is 1. The number of rotatable bonds is 4. The van der Waals surface area contributed by atoms with Crippen LogP contribution in [-0.4, -0.2) is 10.2 Å². The van der Waals surface area contributed by atoms with E-state index in [1.54, 1.807) is 6.07 Å². The van der Waals surface area contributed by atoms with Crippen LogP contribution in [0.2, 0.25) is 5.02 Å². The molecule has 0 saturated heterocycles. The van der Waals surface area contributed by atoms with E-state index in [0.717, 1.165) is 5.56 Å². The minimum absolute atomic E-state index is 0.291. The lowest BCUT2D eigenvalue weighted by atomic mass is 10.2. The van der Waals surface area contributed by atoms with E-state index in [1.807, 2.05) is 30.3 Å². The first-order valence-corrected chi connectivity index (χ1v) is 6.66. The molecular formula is C15H11ClFN3O. The van der Waals surface area contributed by atoms with E-state index >= 15 is 0 Å². The largest absolute Gasteiger partial charge is 0.419 e. The van der Waals surface area contributed by atoms with Crippen molar-refractivity contribution in [3.8, 4) is 11.5 Å². The summed E-state index contributed by atoms with van der Waals surface area (Å²) in [6.07, 6.45) is 0. The van der Waals surface area contributed by atoms with E-state index in [1.165, 1.54) is 12.1 Å². The van der Waals surface area contributed by atoms with Gasteiger partial charge in [0.15, 0.2) is 0 Å². The maximum absolute atomic E-state index is 13.2. The van der Waals surface area contributed by atoms with Crippen molar-refractivity contribution in [1.82, 2.24) is 10.2 Å². The molecule has 0 atom stereocenters. The van der Waals surface area contributed by atoms with Crippen LogP contribution >= 0.6 is 11.6 Å². The number of benzene rings is 2. The first-order valence-electron chi connectivity index (χ1n) is 6.28. The van der Waals surface area contributed by atoms with Crippen LogP contribution in [0.1, 0.15) is 5.89 Å². The molecule has 0 bridgehead atoms. The van der Waals surface area contributed by atoms with Crippen molar-refractivity contribution in [3.05, 3.63) is 65.3 Å². The fraction of sp³-hybridized carbons (Fsp3) is 0.0667. The second kappa shape index (κ2) is 5.93. The van der Waals surface area contributed by atoms with Gasteiger partial charge in [0.25, 0.3) is 0 Å². The Morgan fingerprint density at radius 3 is 2.67 bits per heavy atom. The molecule has 0 aliphatic rings. The molecule has 106 valence electrons. The maximum atomic E-state index is 13.2. The second-order valence-corrected chi connectivity index (χ2v) is 4.82. The molecule has 0 radical (unpaired) electrons. The molecule has 0 fully saturated rings. The topological polar surface area (TPSA) is 51.0 Å². The Labute approximate surface area is 125 Å². The van der Waals surface area contributed by atoms with Gasteiger partial charge in [-0.1, -0.05) is 29.8 Å². The molecule has 3 rings (SSSR count). The van der Waals surface area contributed by atoms with Crippen LogP contribution < -0.4 is 5.32 Å². The molecule has 3 aromatic rings. The summed E-state index contributed by atoms with van der Waals surface area (Å²) in [6.45, 7) is 0.291. The van der Waals surface area contributed by atoms with Crippen LogP contribution in [0.5, 0.6) is 0 Å². The number of nitrogens with one attached hydrogen (secondary N) is 1. The number of nitrogens with zero attached hydrogens (tertiary/aromatic N) is 2. The first kappa shape index (κ1) is 13.6. The minimum Gasteiger partial charge on any atom is -0.419 e. The van der Waals surface area contributed by atoms with Crippen molar-refractivity contribution in [2.45, 2.75) is 6.54 Å². The Kier molecular flexibility index (Phi) is 3.83. The monoisotopic (exact) mass is 303 g/mol. The summed E-state index contributed by atoms with van der Waals surface area (Å²) in [5.41, 5.74) is 1.41. The molecule has 0 saturated carbocycles. The van der Waals surface area contributed by atoms with Crippen LogP contribution in [0.15, 0.2) is 52.9 Å². The summed E-state index contributed by atoms with van der Waals surface area (Å²) >= 11 is 5.78. The second-order valence-electron chi connectivity index (χ2n) is 4.38. The van der Waals surface area contributed by atoms with Crippen LogP contribution in [0, 0.1) is 5.82 Å². The molecule has 1 heterocycles. The van der Waals surface area contributed by atoms with E-state index in [9.17, 15) is 4.39 Å². The van der Waals surface area contributed by atoms with Gasteiger partial charge in [-0.2, -0.15) is 0 Å². The highest BCUT2D eigenvalue weighted by atomic mass is 35.5. The fourth-order valence-electron chi connectivity index (χ4n) is 1.86. The van der Waals surface area contributed by atoms with E-state index in [4.69, 9.17) is 16.0 Å². The van der Waals surface area contributed by atoms with Crippen molar-refractivity contribution in [2.75, 3.05) is 5.32 Å². The zero-order chi connectivity index (χ0) is 14.7. The lowest BCUT2D eigenvalue weighted by Gasteiger charge is -2.04. The van der Waals surface area contributed by atoms with Gasteiger partial charge in [-0.15, -0.1) is 10.2 Å². The molecule has 4 nitrogen and oxygen atoms in total. The molecule has 1 N–H and O–H groups in total. The average molecular weight is 304 g/mol. The smallest absolute Gasteiger partial charge is 0.247 e. The van der Waals surface area contributed by atoms with Crippen molar-refractivity contribution in [1.29, 1.82) is 0 Å². The molecule has 2 aromatic carbocycles. The average Bonchev–Trinajstić information content (AvgIpc) is 2.94. The number of hydrogen-bond acceptors (Lipinski definition) is 4. The van der Waals surface area contributed by atoms with Crippen molar-refractivity contribution < 1.29 is 8.81 Å². The van der Waals surface area contributed by atoms with Gasteiger partial charge >= 0.3 is 0 Å². The van der Waals surface area contributed by atoms with Gasteiger partial charge in [0.1, 0.15) is 5.82 Å². The van der Waals surface area contributed by atoms with E-state index in [0.29, 0.717) is 29.0 Å². The fourth-order valence-corrected chi connectivity index (χ4v) is 2.08. The Bertz CT molecular complexity index is 725. The molecule has 0 aliphatic carbocycles. The molecule has 0 aliphatic heterocycles. The summed E-state index contributed by atoms with van der Waals surface area (Å²) in [5, 5.41) is 11.2. The van der Waals surface area contributed by atoms with Crippen molar-refractivity contribution >= 4 is 17.3 Å². The predicted molar refractivity (Wildman–Crippen MR) is 78.5 cm³/mol. The Morgan fingerprint density at radius 1 is 1.10 bits per heavy atom. The highest BCUT2D eigenvalue weighted by molar-refractivity contribution is 6.30. The predicted octanol–water partition coefficient (Wildman–Crippen LogP) is 4.14. The van der Waals surface area contributed by atoms with Crippen LogP contribution in [-0.2, 0) is 6.54 Å². The minimum atomic E-state index is -0.402. The molecule has 1 aromatic heterocycles. The summed E-state index contributed by atoms with van der Waals surface area (Å²) < 4.78 is 18.7. The Hall–Kier alpha value is -2.40. The zero-order valence-corrected chi connectivity index (χ0v) is 11.6. The normalized spacial score (nSPS) is 10.6. The summed E-state index contributed by atoms with van der Waals surface area (Å²) in [6, 6.07) is 13.7. The number of aromatic nitrogens is 2. The molecular weight excluding hydrogens is 293 g/mol. The third-order valence-corrected chi connectivity index (χ3v) is 3.01. The standard InChI is InChI=1S/C15H11ClFN3O/c16-11-6-12(17)8-13(7-11)18-9-14-19-20-15(21-14)10-4-2-1-3-5-10/h1-8,18H,9H2. The van der Waals surface area contributed by atoms with Gasteiger partial charge in [-0.05, 0) is 30.3 Å². The van der Waals surface area contributed by atoms with Gasteiger partial charge in [-0.25, -0.2) is 4.39 Å². The third-order valence-electron chi connectivity index (χ3n) is 2.79. The highest BCUT2D eigenvalue weighted by Crippen LogP contribution is 2.20. The van der Waals surface area contributed by atoms with Gasteiger partial charge in [0, 0.05) is 16.3 Å². The molecule has 21 heavy (non-hydrogen) atoms. The van der Waals surface area contributed by atoms with Gasteiger partial charge < -0.3 is 9.73 Å². The zero-order valence-electron chi connectivity index (χ0n) is 10.9. The SMILES string of the molecule is Fc1cc(Cl)cc(NCc2nnc(-c3ccccc3)o2)c1. The lowest BCUT2D eigenvalue weighted by molar-refractivity contribution is 0.515. The lowest BCUT2D eigenvalue weighted by Crippen LogP contribution is -2.00. The Balaban J connectivity index is 1.70. The maximum Gasteiger partial charge on any atom is 0.247 e. The first-order chi connectivity index (χ1) is 10.2. The van der Waals surface area contributed by atoms with Gasteiger partial charge in [0.2, 0.25) is 11.8 Å². The van der Waals surface area contributed by atoms with E-state index in [-0.39, 0.29) is 0 Å². The quantitative estimate of drug-likeness (QED) is 0.787. The van der Waals surface area contributed by atoms with Crippen LogP contribution in [0.3, 0.4) is 0 Å². The third kappa shape index (κ3) is 3.38. The molecule has 0 amide bonds. The van der Waals surface area contributed by atoms with Crippen molar-refractivity contribution in [3.63, 3.8) is 0 Å². The Morgan fingerprint density at radius 2 is 1.90 bits per heavy atom. The molecule has 0 spiro atoms.